The van der Waals surface area contributed by atoms with Crippen molar-refractivity contribution in [1.82, 2.24) is 0 Å². The van der Waals surface area contributed by atoms with Gasteiger partial charge in [0.25, 0.3) is 0 Å². The number of rotatable bonds is 13. The standard InChI is InChI=1S/C21H32F2O4S/c1-3-4-13-21(22,23)19(25)12-11-16-15(17(24)14-18(16)28)9-7-5-6-8-10-20(26)27-2/h5,7,15-16,18,28H,3-4,6,8-14H2,1-2H3/b7-5-/t15?,16-,18-/m1/s1. The Kier molecular flexibility index (Phi) is 10.9. The molecule has 1 rings (SSSR count). The first-order valence-corrected chi connectivity index (χ1v) is 10.6. The molecule has 0 aliphatic heterocycles. The highest BCUT2D eigenvalue weighted by atomic mass is 32.1. The number of esters is 1. The van der Waals surface area contributed by atoms with Crippen LogP contribution in [0.4, 0.5) is 8.78 Å². The Morgan fingerprint density at radius 3 is 2.61 bits per heavy atom. The molecule has 0 heterocycles. The van der Waals surface area contributed by atoms with Crippen molar-refractivity contribution in [2.45, 2.75) is 82.3 Å². The minimum Gasteiger partial charge on any atom is -0.469 e. The van der Waals surface area contributed by atoms with Crippen LogP contribution in [0.5, 0.6) is 0 Å². The highest BCUT2D eigenvalue weighted by molar-refractivity contribution is 7.81. The van der Waals surface area contributed by atoms with Crippen LogP contribution < -0.4 is 0 Å². The van der Waals surface area contributed by atoms with Gasteiger partial charge in [-0.2, -0.15) is 21.4 Å². The highest BCUT2D eigenvalue weighted by Gasteiger charge is 2.42. The Morgan fingerprint density at radius 2 is 1.96 bits per heavy atom. The second-order valence-electron chi connectivity index (χ2n) is 7.45. The molecule has 28 heavy (non-hydrogen) atoms. The maximum absolute atomic E-state index is 13.9. The number of carbonyl (C=O) groups excluding carboxylic acids is 3. The lowest BCUT2D eigenvalue weighted by Crippen LogP contribution is -2.30. The molecule has 0 saturated heterocycles. The number of alkyl halides is 2. The average molecular weight is 419 g/mol. The molecular weight excluding hydrogens is 386 g/mol. The third-order valence-corrected chi connectivity index (χ3v) is 5.89. The van der Waals surface area contributed by atoms with E-state index in [9.17, 15) is 23.2 Å². The minimum atomic E-state index is -3.28. The van der Waals surface area contributed by atoms with Crippen LogP contribution in [0.2, 0.25) is 0 Å². The van der Waals surface area contributed by atoms with Crippen LogP contribution in [0.15, 0.2) is 12.2 Å². The molecular formula is C21H32F2O4S. The largest absolute Gasteiger partial charge is 0.469 e. The number of halogens is 2. The van der Waals surface area contributed by atoms with E-state index in [-0.39, 0.29) is 41.7 Å². The molecule has 7 heteroatoms. The molecule has 0 amide bonds. The normalized spacial score (nSPS) is 22.8. The molecule has 1 aliphatic rings. The summed E-state index contributed by atoms with van der Waals surface area (Å²) in [6.45, 7) is 1.81. The van der Waals surface area contributed by atoms with Gasteiger partial charge in [-0.1, -0.05) is 25.5 Å². The van der Waals surface area contributed by atoms with Gasteiger partial charge in [0.15, 0.2) is 0 Å². The zero-order valence-corrected chi connectivity index (χ0v) is 17.7. The van der Waals surface area contributed by atoms with Gasteiger partial charge in [0, 0.05) is 36.9 Å². The van der Waals surface area contributed by atoms with Crippen molar-refractivity contribution < 1.29 is 27.9 Å². The molecule has 160 valence electrons. The summed E-state index contributed by atoms with van der Waals surface area (Å²) in [5.74, 6) is -4.93. The second kappa shape index (κ2) is 12.3. The fraction of sp³-hybridized carbons (Fsp3) is 0.762. The van der Waals surface area contributed by atoms with E-state index >= 15 is 0 Å². The number of unbranched alkanes of at least 4 members (excludes halogenated alkanes) is 2. The smallest absolute Gasteiger partial charge is 0.305 e. The number of hydrogen-bond acceptors (Lipinski definition) is 5. The molecule has 0 radical (unpaired) electrons. The van der Waals surface area contributed by atoms with E-state index < -0.39 is 18.1 Å². The molecule has 0 aromatic rings. The number of ketones is 2. The monoisotopic (exact) mass is 418 g/mol. The van der Waals surface area contributed by atoms with Gasteiger partial charge >= 0.3 is 11.9 Å². The summed E-state index contributed by atoms with van der Waals surface area (Å²) in [5, 5.41) is -0.192. The SMILES string of the molecule is CCCCC(F)(F)C(=O)CC[C@@H]1C(C/C=C\CCCC(=O)OC)C(=O)C[C@H]1S. The number of hydrogen-bond donors (Lipinski definition) is 1. The van der Waals surface area contributed by atoms with Gasteiger partial charge < -0.3 is 4.74 Å². The van der Waals surface area contributed by atoms with Gasteiger partial charge in [-0.3, -0.25) is 14.4 Å². The lowest BCUT2D eigenvalue weighted by Gasteiger charge is -2.21. The molecule has 1 saturated carbocycles. The zero-order valence-electron chi connectivity index (χ0n) is 16.8. The Balaban J connectivity index is 2.51. The summed E-state index contributed by atoms with van der Waals surface area (Å²) in [6, 6.07) is 0. The fourth-order valence-electron chi connectivity index (χ4n) is 3.56. The molecule has 1 fully saturated rings. The number of ether oxygens (including phenoxy) is 1. The third-order valence-electron chi connectivity index (χ3n) is 5.33. The predicted molar refractivity (Wildman–Crippen MR) is 108 cm³/mol. The van der Waals surface area contributed by atoms with Gasteiger partial charge in [-0.25, -0.2) is 0 Å². The van der Waals surface area contributed by atoms with Crippen molar-refractivity contribution in [3.05, 3.63) is 12.2 Å². The van der Waals surface area contributed by atoms with Crippen LogP contribution in [0.3, 0.4) is 0 Å². The van der Waals surface area contributed by atoms with E-state index in [4.69, 9.17) is 0 Å². The maximum Gasteiger partial charge on any atom is 0.305 e. The van der Waals surface area contributed by atoms with Gasteiger partial charge in [0.1, 0.15) is 5.78 Å². The van der Waals surface area contributed by atoms with Crippen LogP contribution in [0.1, 0.15) is 71.1 Å². The molecule has 0 bridgehead atoms. The lowest BCUT2D eigenvalue weighted by atomic mass is 9.86. The topological polar surface area (TPSA) is 60.4 Å². The Labute approximate surface area is 171 Å². The molecule has 1 unspecified atom stereocenters. The van der Waals surface area contributed by atoms with Gasteiger partial charge in [-0.05, 0) is 38.0 Å². The van der Waals surface area contributed by atoms with Gasteiger partial charge in [-0.15, -0.1) is 0 Å². The molecule has 0 N–H and O–H groups in total. The quantitative estimate of drug-likeness (QED) is 0.199. The van der Waals surface area contributed by atoms with E-state index in [0.29, 0.717) is 44.9 Å². The Hall–Kier alpha value is -1.24. The number of thiol groups is 1. The molecule has 0 aromatic heterocycles. The molecule has 4 nitrogen and oxygen atoms in total. The van der Waals surface area contributed by atoms with E-state index in [0.717, 1.165) is 0 Å². The van der Waals surface area contributed by atoms with Crippen molar-refractivity contribution in [1.29, 1.82) is 0 Å². The van der Waals surface area contributed by atoms with Crippen molar-refractivity contribution in [3.63, 3.8) is 0 Å². The summed E-state index contributed by atoms with van der Waals surface area (Å²) in [4.78, 5) is 35.2. The van der Waals surface area contributed by atoms with E-state index in [2.05, 4.69) is 17.4 Å². The molecule has 0 aromatic carbocycles. The van der Waals surface area contributed by atoms with E-state index in [1.807, 2.05) is 19.1 Å². The van der Waals surface area contributed by atoms with Gasteiger partial charge in [0.2, 0.25) is 5.78 Å². The highest BCUT2D eigenvalue weighted by Crippen LogP contribution is 2.39. The van der Waals surface area contributed by atoms with E-state index in [1.54, 1.807) is 0 Å². The van der Waals surface area contributed by atoms with Crippen molar-refractivity contribution in [2.75, 3.05) is 7.11 Å². The van der Waals surface area contributed by atoms with Crippen LogP contribution in [-0.2, 0) is 19.1 Å². The Morgan fingerprint density at radius 1 is 1.25 bits per heavy atom. The molecule has 3 atom stereocenters. The summed E-state index contributed by atoms with van der Waals surface area (Å²) < 4.78 is 32.3. The minimum absolute atomic E-state index is 0.0782. The van der Waals surface area contributed by atoms with Crippen molar-refractivity contribution in [3.8, 4) is 0 Å². The van der Waals surface area contributed by atoms with Crippen LogP contribution in [0, 0.1) is 11.8 Å². The number of allylic oxidation sites excluding steroid dienone is 2. The van der Waals surface area contributed by atoms with Crippen molar-refractivity contribution in [2.24, 2.45) is 11.8 Å². The first kappa shape index (κ1) is 24.8. The summed E-state index contributed by atoms with van der Waals surface area (Å²) in [6.07, 6.45) is 6.94. The first-order chi connectivity index (χ1) is 13.2. The zero-order chi connectivity index (χ0) is 21.2. The average Bonchev–Trinajstić information content (AvgIpc) is 2.93. The Bertz CT molecular complexity index is 563. The molecule has 0 spiro atoms. The van der Waals surface area contributed by atoms with E-state index in [1.165, 1.54) is 7.11 Å². The van der Waals surface area contributed by atoms with Crippen molar-refractivity contribution >= 4 is 30.2 Å². The summed E-state index contributed by atoms with van der Waals surface area (Å²) in [7, 11) is 1.35. The molecule has 1 aliphatic carbocycles. The van der Waals surface area contributed by atoms with Crippen LogP contribution >= 0.6 is 12.6 Å². The second-order valence-corrected chi connectivity index (χ2v) is 8.12. The predicted octanol–water partition coefficient (Wildman–Crippen LogP) is 4.95. The summed E-state index contributed by atoms with van der Waals surface area (Å²) in [5.41, 5.74) is 0. The maximum atomic E-state index is 13.9. The van der Waals surface area contributed by atoms with Gasteiger partial charge in [0.05, 0.1) is 7.11 Å². The van der Waals surface area contributed by atoms with Crippen LogP contribution in [-0.4, -0.2) is 35.8 Å². The number of carbonyl (C=O) groups is 3. The number of methoxy groups -OCH3 is 1. The lowest BCUT2D eigenvalue weighted by molar-refractivity contribution is -0.144. The van der Waals surface area contributed by atoms with Crippen LogP contribution in [0.25, 0.3) is 0 Å². The first-order valence-electron chi connectivity index (χ1n) is 10.1. The fourth-order valence-corrected chi connectivity index (χ4v) is 4.10. The third kappa shape index (κ3) is 8.02. The number of Topliss-reactive ketones (excluding diaryl/α,β-unsaturated/α-hetero) is 2. The summed E-state index contributed by atoms with van der Waals surface area (Å²) >= 11 is 4.45.